The third kappa shape index (κ3) is 1.74. The summed E-state index contributed by atoms with van der Waals surface area (Å²) >= 11 is 1.54. The number of ether oxygens (including phenoxy) is 1. The number of aromatic amines is 1. The van der Waals surface area contributed by atoms with Gasteiger partial charge in [-0.25, -0.2) is 9.78 Å². The molecule has 0 radical (unpaired) electrons. The van der Waals surface area contributed by atoms with E-state index in [1.54, 1.807) is 6.20 Å². The Bertz CT molecular complexity index is 595. The van der Waals surface area contributed by atoms with Crippen LogP contribution in [-0.2, 0) is 4.74 Å². The van der Waals surface area contributed by atoms with E-state index in [1.807, 2.05) is 0 Å². The molecule has 90 valence electrons. The number of aliphatic hydroxyl groups excluding tert-OH is 1. The molecular formula is C9H10N4O3S. The minimum Gasteiger partial charge on any atom is -0.393 e. The lowest BCUT2D eigenvalue weighted by Gasteiger charge is -2.08. The Morgan fingerprint density at radius 3 is 3.35 bits per heavy atom. The fourth-order valence-electron chi connectivity index (χ4n) is 1.78. The molecule has 1 aliphatic heterocycles. The fraction of sp³-hybridized carbons (Fsp3) is 0.444. The maximum atomic E-state index is 11.4. The number of aromatic nitrogens is 4. The summed E-state index contributed by atoms with van der Waals surface area (Å²) in [6.07, 6.45) is 2.75. The lowest BCUT2D eigenvalue weighted by Crippen LogP contribution is -2.17. The van der Waals surface area contributed by atoms with Crippen LogP contribution in [0.1, 0.15) is 11.7 Å². The molecule has 2 N–H and O–H groups in total. The highest BCUT2D eigenvalue weighted by atomic mass is 32.2. The third-order valence-corrected chi connectivity index (χ3v) is 3.71. The monoisotopic (exact) mass is 254 g/mol. The van der Waals surface area contributed by atoms with Crippen molar-refractivity contribution in [1.29, 1.82) is 0 Å². The molecule has 0 spiro atoms. The van der Waals surface area contributed by atoms with Crippen molar-refractivity contribution in [2.24, 2.45) is 0 Å². The molecule has 3 heterocycles. The topological polar surface area (TPSA) is 92.5 Å². The van der Waals surface area contributed by atoms with Crippen LogP contribution in [-0.4, -0.2) is 42.5 Å². The molecule has 2 atom stereocenters. The minimum absolute atomic E-state index is 0.0195. The molecule has 0 saturated carbocycles. The van der Waals surface area contributed by atoms with Crippen molar-refractivity contribution >= 4 is 17.4 Å². The largest absolute Gasteiger partial charge is 0.393 e. The molecule has 1 saturated heterocycles. The molecule has 7 nitrogen and oxygen atoms in total. The van der Waals surface area contributed by atoms with Gasteiger partial charge in [0.2, 0.25) is 0 Å². The first-order valence-corrected chi connectivity index (χ1v) is 6.13. The van der Waals surface area contributed by atoms with Crippen molar-refractivity contribution < 1.29 is 9.84 Å². The van der Waals surface area contributed by atoms with E-state index in [2.05, 4.69) is 15.1 Å². The highest BCUT2D eigenvalue weighted by Crippen LogP contribution is 2.35. The predicted octanol–water partition coefficient (Wildman–Crippen LogP) is -0.460. The van der Waals surface area contributed by atoms with Crippen LogP contribution in [0.2, 0.25) is 0 Å². The summed E-state index contributed by atoms with van der Waals surface area (Å²) in [5.41, 5.74) is 0.736. The molecule has 2 aromatic heterocycles. The molecule has 8 heteroatoms. The number of aliphatic hydroxyl groups is 1. The van der Waals surface area contributed by atoms with Crippen LogP contribution in [0.5, 0.6) is 0 Å². The van der Waals surface area contributed by atoms with E-state index in [0.29, 0.717) is 5.65 Å². The normalized spacial score (nSPS) is 24.5. The first-order chi connectivity index (χ1) is 8.29. The van der Waals surface area contributed by atoms with Gasteiger partial charge in [-0.3, -0.25) is 4.98 Å². The van der Waals surface area contributed by atoms with Gasteiger partial charge < -0.3 is 9.84 Å². The number of nitrogens with zero attached hydrogens (tertiary/aromatic N) is 3. The lowest BCUT2D eigenvalue weighted by atomic mass is 10.2. The number of H-pyrrole nitrogens is 1. The second-order valence-corrected chi connectivity index (χ2v) is 4.81. The summed E-state index contributed by atoms with van der Waals surface area (Å²) in [6.45, 7) is -0.0195. The first-order valence-electron chi connectivity index (χ1n) is 5.09. The summed E-state index contributed by atoms with van der Waals surface area (Å²) in [4.78, 5) is 18.0. The zero-order valence-electron chi connectivity index (χ0n) is 8.74. The van der Waals surface area contributed by atoms with E-state index in [-0.39, 0.29) is 23.8 Å². The van der Waals surface area contributed by atoms with E-state index in [1.165, 1.54) is 22.6 Å². The van der Waals surface area contributed by atoms with Crippen LogP contribution in [0.25, 0.3) is 5.65 Å². The lowest BCUT2D eigenvalue weighted by molar-refractivity contribution is 0.0350. The van der Waals surface area contributed by atoms with E-state index in [4.69, 9.17) is 9.84 Å². The summed E-state index contributed by atoms with van der Waals surface area (Å²) in [5, 5.41) is 13.0. The Morgan fingerprint density at radius 1 is 1.71 bits per heavy atom. The average molecular weight is 254 g/mol. The first kappa shape index (κ1) is 10.8. The van der Waals surface area contributed by atoms with Crippen LogP contribution < -0.4 is 5.69 Å². The SMILES string of the molecule is O=c1[nH]cnc2c([C@H]3CS[C@@H](CO)O3)cnn12. The second kappa shape index (κ2) is 4.13. The molecule has 17 heavy (non-hydrogen) atoms. The Labute approximate surface area is 99.8 Å². The third-order valence-electron chi connectivity index (χ3n) is 2.58. The number of rotatable bonds is 2. The zero-order chi connectivity index (χ0) is 11.8. The molecule has 1 aliphatic rings. The van der Waals surface area contributed by atoms with Crippen molar-refractivity contribution in [3.8, 4) is 0 Å². The maximum Gasteiger partial charge on any atom is 0.349 e. The molecule has 0 aliphatic carbocycles. The number of nitrogens with one attached hydrogen (secondary N) is 1. The van der Waals surface area contributed by atoms with E-state index in [9.17, 15) is 4.79 Å². The Morgan fingerprint density at radius 2 is 2.59 bits per heavy atom. The number of fused-ring (bicyclic) bond motifs is 1. The van der Waals surface area contributed by atoms with Crippen molar-refractivity contribution in [2.45, 2.75) is 11.5 Å². The van der Waals surface area contributed by atoms with E-state index in [0.717, 1.165) is 11.3 Å². The van der Waals surface area contributed by atoms with Crippen molar-refractivity contribution in [3.63, 3.8) is 0 Å². The van der Waals surface area contributed by atoms with Gasteiger partial charge in [-0.1, -0.05) is 0 Å². The van der Waals surface area contributed by atoms with Crippen molar-refractivity contribution in [3.05, 3.63) is 28.6 Å². The van der Waals surface area contributed by atoms with Crippen molar-refractivity contribution in [1.82, 2.24) is 19.6 Å². The van der Waals surface area contributed by atoms with Gasteiger partial charge in [-0.05, 0) is 0 Å². The van der Waals surface area contributed by atoms with Crippen LogP contribution in [0, 0.1) is 0 Å². The second-order valence-electron chi connectivity index (χ2n) is 3.61. The Kier molecular flexibility index (Phi) is 2.61. The number of hydrogen-bond acceptors (Lipinski definition) is 6. The van der Waals surface area contributed by atoms with Crippen LogP contribution >= 0.6 is 11.8 Å². The van der Waals surface area contributed by atoms with Gasteiger partial charge in [0.15, 0.2) is 5.65 Å². The summed E-state index contributed by atoms with van der Waals surface area (Å²) < 4.78 is 6.81. The fourth-order valence-corrected chi connectivity index (χ4v) is 2.75. The standard InChI is InChI=1S/C9H10N4O3S/c14-2-7-16-6(3-17-7)5-1-12-13-8(5)10-4-11-9(13)15/h1,4,6-7,14H,2-3H2,(H,10,11,15)/t6-,7+/m1/s1. The Balaban J connectivity index is 2.02. The van der Waals surface area contributed by atoms with Gasteiger partial charge in [-0.2, -0.15) is 9.61 Å². The molecule has 0 bridgehead atoms. The van der Waals surface area contributed by atoms with Gasteiger partial charge in [0.25, 0.3) is 0 Å². The smallest absolute Gasteiger partial charge is 0.349 e. The minimum atomic E-state index is -0.328. The predicted molar refractivity (Wildman–Crippen MR) is 60.8 cm³/mol. The molecule has 3 rings (SSSR count). The summed E-state index contributed by atoms with van der Waals surface area (Å²) in [5.74, 6) is 0.723. The number of hydrogen-bond donors (Lipinski definition) is 2. The average Bonchev–Trinajstić information content (AvgIpc) is 2.94. The Hall–Kier alpha value is -1.38. The highest BCUT2D eigenvalue weighted by Gasteiger charge is 2.29. The van der Waals surface area contributed by atoms with Crippen LogP contribution in [0.4, 0.5) is 0 Å². The van der Waals surface area contributed by atoms with Crippen LogP contribution in [0.15, 0.2) is 17.3 Å². The van der Waals surface area contributed by atoms with Crippen molar-refractivity contribution in [2.75, 3.05) is 12.4 Å². The van der Waals surface area contributed by atoms with Gasteiger partial charge in [0.1, 0.15) is 5.44 Å². The van der Waals surface area contributed by atoms with E-state index < -0.39 is 0 Å². The zero-order valence-corrected chi connectivity index (χ0v) is 9.55. The van der Waals surface area contributed by atoms with Gasteiger partial charge in [-0.15, -0.1) is 11.8 Å². The molecule has 0 amide bonds. The quantitative estimate of drug-likeness (QED) is 0.753. The molecule has 1 fully saturated rings. The molecular weight excluding hydrogens is 244 g/mol. The molecule has 2 aromatic rings. The maximum absolute atomic E-state index is 11.4. The van der Waals surface area contributed by atoms with Gasteiger partial charge in [0, 0.05) is 11.3 Å². The van der Waals surface area contributed by atoms with E-state index >= 15 is 0 Å². The molecule has 0 aromatic carbocycles. The summed E-state index contributed by atoms with van der Waals surface area (Å²) in [7, 11) is 0. The van der Waals surface area contributed by atoms with Gasteiger partial charge >= 0.3 is 5.69 Å². The summed E-state index contributed by atoms with van der Waals surface area (Å²) in [6, 6.07) is 0. The molecule has 0 unspecified atom stereocenters. The van der Waals surface area contributed by atoms with Gasteiger partial charge in [0.05, 0.1) is 25.2 Å². The number of thioether (sulfide) groups is 1. The van der Waals surface area contributed by atoms with Crippen LogP contribution in [0.3, 0.4) is 0 Å². The highest BCUT2D eigenvalue weighted by molar-refractivity contribution is 8.00.